The molecule has 0 aliphatic heterocycles. The smallest absolute Gasteiger partial charge is 0.191 e. The molecule has 0 atom stereocenters. The Kier molecular flexibility index (Phi) is 11.3. The molecule has 0 fully saturated rings. The Balaban J connectivity index is 0.00000441. The van der Waals surface area contributed by atoms with Gasteiger partial charge in [-0.3, -0.25) is 0 Å². The average molecular weight is 422 g/mol. The summed E-state index contributed by atoms with van der Waals surface area (Å²) in [5, 5.41) is 10.6. The van der Waals surface area contributed by atoms with Crippen LogP contribution in [0.2, 0.25) is 0 Å². The lowest BCUT2D eigenvalue weighted by atomic mass is 9.87. The molecule has 0 saturated heterocycles. The van der Waals surface area contributed by atoms with Gasteiger partial charge >= 0.3 is 0 Å². The molecule has 0 aliphatic carbocycles. The molecule has 22 heavy (non-hydrogen) atoms. The van der Waals surface area contributed by atoms with E-state index in [1.807, 2.05) is 6.07 Å². The summed E-state index contributed by atoms with van der Waals surface area (Å²) >= 11 is 0. The second-order valence-electron chi connectivity index (χ2n) is 6.16. The Morgan fingerprint density at radius 3 is 2.64 bits per heavy atom. The summed E-state index contributed by atoms with van der Waals surface area (Å²) in [5.41, 5.74) is 1.12. The first-order valence-corrected chi connectivity index (χ1v) is 7.99. The summed E-state index contributed by atoms with van der Waals surface area (Å²) in [7, 11) is 0. The third kappa shape index (κ3) is 9.27. The van der Waals surface area contributed by atoms with Crippen LogP contribution in [0.4, 0.5) is 0 Å². The minimum Gasteiger partial charge on any atom is -0.364 e. The maximum Gasteiger partial charge on any atom is 0.191 e. The number of aliphatic imine (C=N–C) groups is 1. The fraction of sp³-hybridized carbons (Fsp3) is 0.750. The lowest BCUT2D eigenvalue weighted by Crippen LogP contribution is -2.42. The molecule has 2 N–H and O–H groups in total. The van der Waals surface area contributed by atoms with Crippen molar-refractivity contribution in [2.24, 2.45) is 10.4 Å². The molecule has 5 nitrogen and oxygen atoms in total. The Bertz CT molecular complexity index is 404. The van der Waals surface area contributed by atoms with Crippen LogP contribution in [0.1, 0.15) is 59.1 Å². The van der Waals surface area contributed by atoms with E-state index >= 15 is 0 Å². The molecule has 128 valence electrons. The molecule has 0 aromatic carbocycles. The Morgan fingerprint density at radius 1 is 1.27 bits per heavy atom. The molecule has 0 unspecified atom stereocenters. The van der Waals surface area contributed by atoms with Crippen LogP contribution in [-0.2, 0) is 6.54 Å². The standard InChI is InChI=1S/C16H30N4O.HI/c1-5-7-8-10-16(3,4)13-19-15(17-6-2)18-12-14-9-11-21-20-14;/h9,11H,5-8,10,12-13H2,1-4H3,(H2,17,18,19);1H. The van der Waals surface area contributed by atoms with Gasteiger partial charge in [-0.1, -0.05) is 45.2 Å². The van der Waals surface area contributed by atoms with E-state index in [1.54, 1.807) is 6.26 Å². The number of hydrogen-bond acceptors (Lipinski definition) is 3. The first kappa shape index (κ1) is 21.2. The van der Waals surface area contributed by atoms with E-state index in [2.05, 4.69) is 48.5 Å². The zero-order valence-electron chi connectivity index (χ0n) is 14.3. The van der Waals surface area contributed by atoms with Crippen LogP contribution in [0.15, 0.2) is 21.8 Å². The van der Waals surface area contributed by atoms with Crippen molar-refractivity contribution in [1.29, 1.82) is 0 Å². The molecule has 1 aromatic heterocycles. The third-order valence-corrected chi connectivity index (χ3v) is 3.43. The number of rotatable bonds is 9. The van der Waals surface area contributed by atoms with Gasteiger partial charge in [0.1, 0.15) is 12.0 Å². The van der Waals surface area contributed by atoms with Gasteiger partial charge in [0.25, 0.3) is 0 Å². The van der Waals surface area contributed by atoms with Gasteiger partial charge in [-0.25, -0.2) is 4.99 Å². The van der Waals surface area contributed by atoms with Crippen LogP contribution in [0.5, 0.6) is 0 Å². The van der Waals surface area contributed by atoms with Gasteiger partial charge in [0, 0.05) is 19.2 Å². The van der Waals surface area contributed by atoms with Gasteiger partial charge in [-0.2, -0.15) is 0 Å². The lowest BCUT2D eigenvalue weighted by molar-refractivity contribution is 0.318. The zero-order valence-corrected chi connectivity index (χ0v) is 16.6. The van der Waals surface area contributed by atoms with Crippen molar-refractivity contribution in [3.8, 4) is 0 Å². The Labute approximate surface area is 151 Å². The van der Waals surface area contributed by atoms with Crippen molar-refractivity contribution >= 4 is 29.9 Å². The van der Waals surface area contributed by atoms with Crippen molar-refractivity contribution < 1.29 is 4.52 Å². The summed E-state index contributed by atoms with van der Waals surface area (Å²) < 4.78 is 4.82. The van der Waals surface area contributed by atoms with Crippen LogP contribution in [0.25, 0.3) is 0 Å². The molecular weight excluding hydrogens is 391 g/mol. The van der Waals surface area contributed by atoms with Gasteiger partial charge < -0.3 is 15.2 Å². The maximum absolute atomic E-state index is 4.82. The summed E-state index contributed by atoms with van der Waals surface area (Å²) in [4.78, 5) is 4.53. The van der Waals surface area contributed by atoms with Crippen LogP contribution < -0.4 is 10.6 Å². The highest BCUT2D eigenvalue weighted by molar-refractivity contribution is 14.0. The van der Waals surface area contributed by atoms with E-state index in [1.165, 1.54) is 25.7 Å². The van der Waals surface area contributed by atoms with Crippen molar-refractivity contribution in [3.63, 3.8) is 0 Å². The fourth-order valence-electron chi connectivity index (χ4n) is 2.09. The Hall–Kier alpha value is -0.790. The van der Waals surface area contributed by atoms with Crippen LogP contribution in [0, 0.1) is 5.41 Å². The van der Waals surface area contributed by atoms with E-state index in [-0.39, 0.29) is 29.4 Å². The van der Waals surface area contributed by atoms with Crippen molar-refractivity contribution in [1.82, 2.24) is 15.8 Å². The van der Waals surface area contributed by atoms with Gasteiger partial charge in [-0.15, -0.1) is 24.0 Å². The number of aromatic nitrogens is 1. The molecule has 0 aliphatic rings. The molecular formula is C16H31IN4O. The highest BCUT2D eigenvalue weighted by atomic mass is 127. The number of nitrogens with one attached hydrogen (secondary N) is 2. The minimum atomic E-state index is 0. The molecule has 1 aromatic rings. The minimum absolute atomic E-state index is 0. The first-order valence-electron chi connectivity index (χ1n) is 7.99. The summed E-state index contributed by atoms with van der Waals surface area (Å²) in [5.74, 6) is 0.837. The highest BCUT2D eigenvalue weighted by Gasteiger charge is 2.17. The van der Waals surface area contributed by atoms with E-state index in [0.29, 0.717) is 6.54 Å². The van der Waals surface area contributed by atoms with Crippen molar-refractivity contribution in [2.75, 3.05) is 13.1 Å². The van der Waals surface area contributed by atoms with E-state index in [4.69, 9.17) is 4.52 Å². The van der Waals surface area contributed by atoms with Crippen LogP contribution in [0.3, 0.4) is 0 Å². The normalized spacial score (nSPS) is 11.9. The zero-order chi connectivity index (χ0) is 15.6. The topological polar surface area (TPSA) is 62.5 Å². The first-order chi connectivity index (χ1) is 10.1. The molecule has 0 saturated carbocycles. The van der Waals surface area contributed by atoms with E-state index in [0.717, 1.165) is 24.7 Å². The van der Waals surface area contributed by atoms with Gasteiger partial charge in [-0.05, 0) is 18.8 Å². The van der Waals surface area contributed by atoms with Gasteiger partial charge in [0.05, 0.1) is 6.54 Å². The SMILES string of the molecule is CCCCCC(C)(C)CNC(=NCc1ccon1)NCC.I. The molecule has 6 heteroatoms. The molecule has 0 amide bonds. The molecule has 1 rings (SSSR count). The second-order valence-corrected chi connectivity index (χ2v) is 6.16. The van der Waals surface area contributed by atoms with Gasteiger partial charge in [0.15, 0.2) is 5.96 Å². The maximum atomic E-state index is 4.82. The number of halogens is 1. The van der Waals surface area contributed by atoms with Crippen LogP contribution in [-0.4, -0.2) is 24.2 Å². The van der Waals surface area contributed by atoms with E-state index < -0.39 is 0 Å². The monoisotopic (exact) mass is 422 g/mol. The lowest BCUT2D eigenvalue weighted by Gasteiger charge is -2.26. The molecule has 0 radical (unpaired) electrons. The number of nitrogens with zero attached hydrogens (tertiary/aromatic N) is 2. The molecule has 0 spiro atoms. The predicted octanol–water partition coefficient (Wildman–Crippen LogP) is 3.95. The summed E-state index contributed by atoms with van der Waals surface area (Å²) in [6, 6.07) is 1.84. The number of unbranched alkanes of at least 4 members (excludes halogenated alkanes) is 2. The van der Waals surface area contributed by atoms with Crippen molar-refractivity contribution in [2.45, 2.75) is 59.9 Å². The average Bonchev–Trinajstić information content (AvgIpc) is 2.95. The molecule has 0 bridgehead atoms. The molecule has 1 heterocycles. The number of guanidine groups is 1. The number of hydrogen-bond donors (Lipinski definition) is 2. The van der Waals surface area contributed by atoms with E-state index in [9.17, 15) is 0 Å². The highest BCUT2D eigenvalue weighted by Crippen LogP contribution is 2.22. The van der Waals surface area contributed by atoms with Gasteiger partial charge in [0.2, 0.25) is 0 Å². The third-order valence-electron chi connectivity index (χ3n) is 3.43. The summed E-state index contributed by atoms with van der Waals surface area (Å²) in [6.07, 6.45) is 6.67. The second kappa shape index (κ2) is 11.7. The van der Waals surface area contributed by atoms with Crippen LogP contribution >= 0.6 is 24.0 Å². The fourth-order valence-corrected chi connectivity index (χ4v) is 2.09. The largest absolute Gasteiger partial charge is 0.364 e. The Morgan fingerprint density at radius 2 is 2.05 bits per heavy atom. The predicted molar refractivity (Wildman–Crippen MR) is 103 cm³/mol. The van der Waals surface area contributed by atoms with Crippen molar-refractivity contribution in [3.05, 3.63) is 18.0 Å². The quantitative estimate of drug-likeness (QED) is 0.274. The summed E-state index contributed by atoms with van der Waals surface area (Å²) in [6.45, 7) is 11.2.